The predicted molar refractivity (Wildman–Crippen MR) is 122 cm³/mol. The van der Waals surface area contributed by atoms with Crippen LogP contribution in [0.15, 0.2) is 42.5 Å². The molecule has 1 unspecified atom stereocenters. The summed E-state index contributed by atoms with van der Waals surface area (Å²) < 4.78 is 16.0. The molecule has 0 aliphatic carbocycles. The van der Waals surface area contributed by atoms with Crippen molar-refractivity contribution in [2.45, 2.75) is 13.0 Å². The molecule has 0 spiro atoms. The molecule has 30 heavy (non-hydrogen) atoms. The third kappa shape index (κ3) is 7.66. The zero-order valence-electron chi connectivity index (χ0n) is 17.8. The van der Waals surface area contributed by atoms with Gasteiger partial charge in [-0.15, -0.1) is 12.4 Å². The number of nitriles is 1. The normalized spacial score (nSPS) is 10.9. The number of hydrogen-bond acceptors (Lipinski definition) is 7. The van der Waals surface area contributed by atoms with E-state index in [0.29, 0.717) is 17.8 Å². The number of carbonyl (C=O) groups excluding carboxylic acids is 1. The molecule has 7 nitrogen and oxygen atoms in total. The van der Waals surface area contributed by atoms with Crippen LogP contribution in [0.2, 0.25) is 0 Å². The molecule has 0 aromatic heterocycles. The van der Waals surface area contributed by atoms with Crippen LogP contribution in [-0.4, -0.2) is 40.7 Å². The Balaban J connectivity index is 0.00000125. The number of aldehydes is 1. The lowest BCUT2D eigenvalue weighted by Crippen LogP contribution is -2.15. The van der Waals surface area contributed by atoms with E-state index in [2.05, 4.69) is 11.4 Å². The van der Waals surface area contributed by atoms with E-state index in [-0.39, 0.29) is 18.4 Å². The summed E-state index contributed by atoms with van der Waals surface area (Å²) in [6.07, 6.45) is 2.20. The fourth-order valence-electron chi connectivity index (χ4n) is 2.43. The summed E-state index contributed by atoms with van der Waals surface area (Å²) >= 11 is 0. The molecule has 2 rings (SSSR count). The van der Waals surface area contributed by atoms with Gasteiger partial charge in [0, 0.05) is 19.2 Å². The number of nitrogens with zero attached hydrogens (tertiary/aromatic N) is 1. The van der Waals surface area contributed by atoms with E-state index < -0.39 is 0 Å². The van der Waals surface area contributed by atoms with E-state index in [9.17, 15) is 10.1 Å². The lowest BCUT2D eigenvalue weighted by atomic mass is 9.96. The maximum absolute atomic E-state index is 9.38. The number of carbonyl (C=O) groups is 1. The summed E-state index contributed by atoms with van der Waals surface area (Å²) in [6.45, 7) is 1.63. The number of rotatable bonds is 7. The smallest absolute Gasteiger partial charge is 0.141 e. The molecule has 8 heteroatoms. The molecule has 0 saturated carbocycles. The number of ether oxygens (including phenoxy) is 3. The van der Waals surface area contributed by atoms with Gasteiger partial charge in [-0.2, -0.15) is 5.26 Å². The molecule has 0 fully saturated rings. The molecule has 0 saturated heterocycles. The molecule has 0 bridgehead atoms. The van der Waals surface area contributed by atoms with E-state index in [4.69, 9.17) is 19.9 Å². The van der Waals surface area contributed by atoms with E-state index in [1.54, 1.807) is 34.3 Å². The molecular formula is C22H28ClN3O4. The van der Waals surface area contributed by atoms with Crippen molar-refractivity contribution in [3.05, 3.63) is 53.6 Å². The quantitative estimate of drug-likeness (QED) is 0.506. The van der Waals surface area contributed by atoms with Gasteiger partial charge in [0.1, 0.15) is 23.5 Å². The highest BCUT2D eigenvalue weighted by Crippen LogP contribution is 2.34. The third-order valence-electron chi connectivity index (χ3n) is 3.87. The molecule has 0 amide bonds. The summed E-state index contributed by atoms with van der Waals surface area (Å²) in [5.74, 6) is 2.06. The minimum absolute atomic E-state index is 0. The third-order valence-corrected chi connectivity index (χ3v) is 3.87. The van der Waals surface area contributed by atoms with E-state index >= 15 is 0 Å². The second-order valence-electron chi connectivity index (χ2n) is 5.95. The van der Waals surface area contributed by atoms with E-state index in [1.807, 2.05) is 37.4 Å². The molecule has 2 aromatic carbocycles. The first-order valence-electron chi connectivity index (χ1n) is 8.84. The molecule has 2 aromatic rings. The number of anilines is 1. The van der Waals surface area contributed by atoms with Gasteiger partial charge in [0.2, 0.25) is 0 Å². The number of methoxy groups -OCH3 is 3. The van der Waals surface area contributed by atoms with E-state index in [0.717, 1.165) is 28.1 Å². The largest absolute Gasteiger partial charge is 0.497 e. The second kappa shape index (κ2) is 13.9. The summed E-state index contributed by atoms with van der Waals surface area (Å²) in [6, 6.07) is 13.1. The van der Waals surface area contributed by atoms with Crippen LogP contribution in [0.25, 0.3) is 5.57 Å². The monoisotopic (exact) mass is 433 g/mol. The number of nitrogens with two attached hydrogens (primary N) is 1. The first kappa shape index (κ1) is 26.8. The van der Waals surface area contributed by atoms with Crippen LogP contribution in [0.4, 0.5) is 5.69 Å². The van der Waals surface area contributed by atoms with Crippen molar-refractivity contribution in [1.82, 2.24) is 0 Å². The number of allylic oxidation sites excluding steroid dienone is 1. The van der Waals surface area contributed by atoms with Crippen molar-refractivity contribution in [2.75, 3.05) is 33.7 Å². The Morgan fingerprint density at radius 3 is 2.03 bits per heavy atom. The second-order valence-corrected chi connectivity index (χ2v) is 5.95. The highest BCUT2D eigenvalue weighted by molar-refractivity contribution is 5.85. The van der Waals surface area contributed by atoms with Gasteiger partial charge in [0.05, 0.1) is 39.1 Å². The zero-order valence-corrected chi connectivity index (χ0v) is 18.6. The molecule has 3 N–H and O–H groups in total. The van der Waals surface area contributed by atoms with Gasteiger partial charge in [-0.25, -0.2) is 0 Å². The van der Waals surface area contributed by atoms with E-state index in [1.165, 1.54) is 6.08 Å². The lowest BCUT2D eigenvalue weighted by molar-refractivity contribution is -0.108. The predicted octanol–water partition coefficient (Wildman–Crippen LogP) is 3.66. The topological polar surface area (TPSA) is 107 Å². The van der Waals surface area contributed by atoms with Gasteiger partial charge in [-0.1, -0.05) is 6.07 Å². The average Bonchev–Trinajstić information content (AvgIpc) is 2.76. The van der Waals surface area contributed by atoms with Crippen LogP contribution < -0.4 is 25.3 Å². The number of hydrogen-bond donors (Lipinski definition) is 2. The lowest BCUT2D eigenvalue weighted by Gasteiger charge is -2.14. The minimum Gasteiger partial charge on any atom is -0.497 e. The van der Waals surface area contributed by atoms with Crippen molar-refractivity contribution < 1.29 is 19.0 Å². The average molecular weight is 434 g/mol. The van der Waals surface area contributed by atoms with Crippen molar-refractivity contribution in [3.8, 4) is 23.3 Å². The summed E-state index contributed by atoms with van der Waals surface area (Å²) in [4.78, 5) is 9.38. The number of nitrogens with one attached hydrogen (secondary N) is 1. The summed E-state index contributed by atoms with van der Waals surface area (Å²) in [5, 5.41) is 12.3. The van der Waals surface area contributed by atoms with Crippen LogP contribution in [0.3, 0.4) is 0 Å². The van der Waals surface area contributed by atoms with Crippen molar-refractivity contribution in [2.24, 2.45) is 5.73 Å². The Morgan fingerprint density at radius 2 is 1.63 bits per heavy atom. The maximum atomic E-state index is 9.38. The van der Waals surface area contributed by atoms with Crippen molar-refractivity contribution >= 4 is 30.0 Å². The van der Waals surface area contributed by atoms with Crippen LogP contribution >= 0.6 is 12.4 Å². The molecule has 0 radical (unpaired) electrons. The van der Waals surface area contributed by atoms with Gasteiger partial charge in [0.15, 0.2) is 0 Å². The van der Waals surface area contributed by atoms with Crippen LogP contribution in [0.1, 0.15) is 18.1 Å². The first-order valence-corrected chi connectivity index (χ1v) is 8.84. The Bertz CT molecular complexity index is 870. The first-order chi connectivity index (χ1) is 13.9. The number of benzene rings is 2. The Labute approximate surface area is 183 Å². The molecule has 0 aliphatic rings. The molecule has 0 aliphatic heterocycles. The fourth-order valence-corrected chi connectivity index (χ4v) is 2.43. The SMILES string of the molecule is CC(N)C=O.CNc1cc(/C(=C\C#N)c2cc(OC)cc(OC)c2)ccc1OC.Cl. The van der Waals surface area contributed by atoms with Gasteiger partial charge in [-0.05, 0) is 47.9 Å². The van der Waals surface area contributed by atoms with Crippen molar-refractivity contribution in [3.63, 3.8) is 0 Å². The van der Waals surface area contributed by atoms with Gasteiger partial charge in [0.25, 0.3) is 0 Å². The standard InChI is InChI=1S/C19H20N2O3.C3H7NO.ClH/c1-21-18-11-13(5-6-19(18)24-4)17(7-8-20)14-9-15(22-2)12-16(10-14)23-3;1-3(4)2-5;/h5-7,9-12,21H,1-4H3;2-3H,4H2,1H3;1H/b17-7+;;. The Hall–Kier alpha value is -3.21. The Kier molecular flexibility index (Phi) is 12.4. The highest BCUT2D eigenvalue weighted by atomic mass is 35.5. The molecular weight excluding hydrogens is 406 g/mol. The molecule has 1 atom stereocenters. The van der Waals surface area contributed by atoms with Gasteiger partial charge < -0.3 is 30.1 Å². The van der Waals surface area contributed by atoms with Crippen LogP contribution in [-0.2, 0) is 4.79 Å². The van der Waals surface area contributed by atoms with Gasteiger partial charge in [-0.3, -0.25) is 0 Å². The number of halogens is 1. The molecule has 0 heterocycles. The van der Waals surface area contributed by atoms with Gasteiger partial charge >= 0.3 is 0 Å². The summed E-state index contributed by atoms with van der Waals surface area (Å²) in [7, 11) is 6.64. The fraction of sp³-hybridized carbons (Fsp3) is 0.273. The summed E-state index contributed by atoms with van der Waals surface area (Å²) in [5.41, 5.74) is 8.26. The van der Waals surface area contributed by atoms with Crippen molar-refractivity contribution in [1.29, 1.82) is 5.26 Å². The van der Waals surface area contributed by atoms with Crippen LogP contribution in [0, 0.1) is 11.3 Å². The Morgan fingerprint density at radius 1 is 1.07 bits per heavy atom. The minimum atomic E-state index is -0.296. The molecule has 162 valence electrons. The maximum Gasteiger partial charge on any atom is 0.141 e. The highest BCUT2D eigenvalue weighted by Gasteiger charge is 2.12. The zero-order chi connectivity index (χ0) is 21.8. The van der Waals surface area contributed by atoms with Crippen LogP contribution in [0.5, 0.6) is 17.2 Å².